The van der Waals surface area contributed by atoms with Gasteiger partial charge in [0.05, 0.1) is 5.92 Å². The summed E-state index contributed by atoms with van der Waals surface area (Å²) in [4.78, 5) is 10.4. The molecule has 0 aromatic carbocycles. The van der Waals surface area contributed by atoms with E-state index in [1.165, 1.54) is 6.42 Å². The molecule has 0 spiro atoms. The van der Waals surface area contributed by atoms with Gasteiger partial charge in [-0.3, -0.25) is 4.79 Å². The second-order valence-electron chi connectivity index (χ2n) is 2.67. The molecule has 2 radical (unpaired) electrons. The van der Waals surface area contributed by atoms with Gasteiger partial charge in [-0.15, -0.1) is 0 Å². The summed E-state index contributed by atoms with van der Waals surface area (Å²) in [5, 5.41) is 8.54. The first kappa shape index (κ1) is 10.3. The molecule has 1 N–H and O–H groups in total. The van der Waals surface area contributed by atoms with Crippen molar-refractivity contribution >= 4 is 29.9 Å². The van der Waals surface area contributed by atoms with E-state index < -0.39 is 5.97 Å². The van der Waals surface area contributed by atoms with Crippen LogP contribution in [0.4, 0.5) is 0 Å². The van der Waals surface area contributed by atoms with Crippen molar-refractivity contribution in [2.75, 3.05) is 0 Å². The molecule has 0 amide bonds. The fourth-order valence-corrected chi connectivity index (χ4v) is 1.35. The van der Waals surface area contributed by atoms with E-state index in [1.54, 1.807) is 0 Å². The Morgan fingerprint density at radius 1 is 1.20 bits per heavy atom. The Labute approximate surface area is 78.0 Å². The topological polar surface area (TPSA) is 37.3 Å². The number of carboxylic acid groups (broad SMARTS) is 1. The fraction of sp³-hybridized carbons (Fsp3) is 0.857. The summed E-state index contributed by atoms with van der Waals surface area (Å²) in [7, 11) is 0. The second kappa shape index (κ2) is 4.99. The van der Waals surface area contributed by atoms with Gasteiger partial charge in [0.2, 0.25) is 0 Å². The van der Waals surface area contributed by atoms with E-state index in [0.717, 1.165) is 25.7 Å². The van der Waals surface area contributed by atoms with Crippen LogP contribution in [0, 0.1) is 5.92 Å². The molecule has 0 unspecified atom stereocenters. The molecule has 10 heavy (non-hydrogen) atoms. The van der Waals surface area contributed by atoms with Gasteiger partial charge in [-0.05, 0) is 12.8 Å². The Kier molecular flexibility index (Phi) is 5.12. The van der Waals surface area contributed by atoms with Crippen molar-refractivity contribution in [2.45, 2.75) is 32.1 Å². The van der Waals surface area contributed by atoms with E-state index in [4.69, 9.17) is 5.11 Å². The van der Waals surface area contributed by atoms with Crippen molar-refractivity contribution in [3.05, 3.63) is 0 Å². The van der Waals surface area contributed by atoms with Gasteiger partial charge in [-0.2, -0.15) is 0 Å². The molecule has 0 saturated heterocycles. The molecule has 58 valence electrons. The van der Waals surface area contributed by atoms with Crippen molar-refractivity contribution in [3.8, 4) is 0 Å². The minimum atomic E-state index is -0.602. The quantitative estimate of drug-likeness (QED) is 0.695. The van der Waals surface area contributed by atoms with Crippen LogP contribution in [-0.4, -0.2) is 35.0 Å². The molecular weight excluding hydrogens is 235 g/mol. The zero-order valence-electron chi connectivity index (χ0n) is 6.18. The molecule has 2 nitrogen and oxygen atoms in total. The maximum atomic E-state index is 10.4. The van der Waals surface area contributed by atoms with E-state index in [1.807, 2.05) is 0 Å². The maximum absolute atomic E-state index is 10.4. The van der Waals surface area contributed by atoms with Crippen molar-refractivity contribution in [3.63, 3.8) is 0 Å². The van der Waals surface area contributed by atoms with Gasteiger partial charge in [0.1, 0.15) is 0 Å². The van der Waals surface area contributed by atoms with E-state index in [-0.39, 0.29) is 29.8 Å². The minimum absolute atomic E-state index is 0. The van der Waals surface area contributed by atoms with E-state index in [2.05, 4.69) is 0 Å². The van der Waals surface area contributed by atoms with Crippen LogP contribution in [0.1, 0.15) is 32.1 Å². The van der Waals surface area contributed by atoms with Crippen molar-refractivity contribution in [1.82, 2.24) is 0 Å². The third-order valence-corrected chi connectivity index (χ3v) is 1.95. The van der Waals surface area contributed by atoms with E-state index in [9.17, 15) is 4.79 Å². The van der Waals surface area contributed by atoms with Crippen molar-refractivity contribution in [1.29, 1.82) is 0 Å². The van der Waals surface area contributed by atoms with Crippen LogP contribution >= 0.6 is 0 Å². The van der Waals surface area contributed by atoms with Crippen LogP contribution in [0.3, 0.4) is 0 Å². The number of carbonyl (C=O) groups is 1. The first-order valence-electron chi connectivity index (χ1n) is 3.53. The summed E-state index contributed by atoms with van der Waals surface area (Å²) in [5.74, 6) is -0.631. The fourth-order valence-electron chi connectivity index (χ4n) is 1.35. The summed E-state index contributed by atoms with van der Waals surface area (Å²) < 4.78 is 0. The molecule has 1 aliphatic rings. The van der Waals surface area contributed by atoms with E-state index >= 15 is 0 Å². The molecule has 0 aliphatic heterocycles. The molecule has 0 aromatic rings. The third-order valence-electron chi connectivity index (χ3n) is 1.95. The van der Waals surface area contributed by atoms with Gasteiger partial charge in [-0.1, -0.05) is 19.3 Å². The van der Waals surface area contributed by atoms with Crippen LogP contribution in [0.25, 0.3) is 0 Å². The second-order valence-corrected chi connectivity index (χ2v) is 2.67. The summed E-state index contributed by atoms with van der Waals surface area (Å²) in [5.41, 5.74) is 0. The molecule has 0 bridgehead atoms. The molecule has 1 saturated carbocycles. The Bertz CT molecular complexity index is 108. The number of hydrogen-bond donors (Lipinski definition) is 1. The predicted octanol–water partition coefficient (Wildman–Crippen LogP) is 0.735. The summed E-state index contributed by atoms with van der Waals surface area (Å²) in [6, 6.07) is 0. The van der Waals surface area contributed by atoms with Crippen LogP contribution < -0.4 is 0 Å². The SMILES string of the molecule is O=C(O)C1CCCCC1.[SnH2]. The van der Waals surface area contributed by atoms with Crippen LogP contribution in [0.15, 0.2) is 0 Å². The Morgan fingerprint density at radius 3 is 2.00 bits per heavy atom. The molecule has 0 aromatic heterocycles. The van der Waals surface area contributed by atoms with Gasteiger partial charge in [0.25, 0.3) is 0 Å². The molecular formula is C7H14O2Sn. The average molecular weight is 249 g/mol. The first-order valence-corrected chi connectivity index (χ1v) is 3.53. The molecule has 0 heterocycles. The standard InChI is InChI=1S/C7H12O2.Sn.2H/c8-7(9)6-4-2-1-3-5-6;;;/h6H,1-5H2,(H,8,9);;;. The van der Waals surface area contributed by atoms with Crippen LogP contribution in [0.5, 0.6) is 0 Å². The number of aliphatic carboxylic acids is 1. The summed E-state index contributed by atoms with van der Waals surface area (Å²) >= 11 is 0. The van der Waals surface area contributed by atoms with Crippen LogP contribution in [0.2, 0.25) is 0 Å². The van der Waals surface area contributed by atoms with Gasteiger partial charge in [-0.25, -0.2) is 0 Å². The Morgan fingerprint density at radius 2 is 1.70 bits per heavy atom. The van der Waals surface area contributed by atoms with Gasteiger partial charge in [0, 0.05) is 0 Å². The summed E-state index contributed by atoms with van der Waals surface area (Å²) in [6.45, 7) is 0. The van der Waals surface area contributed by atoms with Gasteiger partial charge in [0.15, 0.2) is 0 Å². The van der Waals surface area contributed by atoms with E-state index in [0.29, 0.717) is 0 Å². The third kappa shape index (κ3) is 2.90. The monoisotopic (exact) mass is 250 g/mol. The zero-order chi connectivity index (χ0) is 6.69. The molecule has 1 fully saturated rings. The molecule has 1 aliphatic carbocycles. The number of rotatable bonds is 1. The average Bonchev–Trinajstić information content (AvgIpc) is 1.90. The van der Waals surface area contributed by atoms with Gasteiger partial charge < -0.3 is 5.11 Å². The van der Waals surface area contributed by atoms with Crippen molar-refractivity contribution < 1.29 is 9.90 Å². The van der Waals surface area contributed by atoms with Gasteiger partial charge >= 0.3 is 29.9 Å². The zero-order valence-corrected chi connectivity index (χ0v) is 10.2. The Balaban J connectivity index is 0.000000810. The van der Waals surface area contributed by atoms with Crippen molar-refractivity contribution in [2.24, 2.45) is 5.92 Å². The molecule has 1 rings (SSSR count). The molecule has 3 heteroatoms. The number of carboxylic acids is 1. The number of hydrogen-bond acceptors (Lipinski definition) is 1. The normalized spacial score (nSPS) is 19.6. The summed E-state index contributed by atoms with van der Waals surface area (Å²) in [6.07, 6.45) is 5.24. The predicted molar refractivity (Wildman–Crippen MR) is 42.8 cm³/mol. The van der Waals surface area contributed by atoms with Crippen LogP contribution in [-0.2, 0) is 4.79 Å². The first-order chi connectivity index (χ1) is 4.30. The molecule has 0 atom stereocenters. The Hall–Kier alpha value is 0.269.